The van der Waals surface area contributed by atoms with E-state index in [1.54, 1.807) is 12.1 Å². The third kappa shape index (κ3) is 8.18. The molecule has 6 atom stereocenters. The van der Waals surface area contributed by atoms with Crippen LogP contribution in [0, 0.1) is 17.8 Å². The highest BCUT2D eigenvalue weighted by molar-refractivity contribution is 6.31. The molecule has 0 amide bonds. The largest absolute Gasteiger partial charge is 0.481 e. The lowest BCUT2D eigenvalue weighted by molar-refractivity contribution is -0.231. The Bertz CT molecular complexity index is 1180. The maximum absolute atomic E-state index is 10.4. The van der Waals surface area contributed by atoms with Gasteiger partial charge < -0.3 is 40.3 Å². The van der Waals surface area contributed by atoms with E-state index in [2.05, 4.69) is 17.2 Å². The molecule has 5 rings (SSSR count). The molecule has 2 aromatic rings. The van der Waals surface area contributed by atoms with Crippen molar-refractivity contribution < 1.29 is 39.8 Å². The van der Waals surface area contributed by atoms with Crippen LogP contribution >= 0.6 is 11.6 Å². The molecule has 2 aliphatic heterocycles. The third-order valence-electron chi connectivity index (χ3n) is 7.16. The molecule has 0 aromatic heterocycles. The SMILES string of the molecule is O=C(O)[C@@H]1CCCN1.OC[C@H]1O[C@@H](c2ccc(Cl)c(Cc3ccc(OCC#CC4CC4)cc3)c2)[C@H](O)[C@@H](O)[C@@H]1O. The Morgan fingerprint density at radius 3 is 2.40 bits per heavy atom. The molecule has 2 aromatic carbocycles. The summed E-state index contributed by atoms with van der Waals surface area (Å²) in [6, 6.07) is 12.7. The maximum Gasteiger partial charge on any atom is 0.320 e. The zero-order valence-corrected chi connectivity index (χ0v) is 22.8. The van der Waals surface area contributed by atoms with Gasteiger partial charge in [0.25, 0.3) is 0 Å². The molecular weight excluding hydrogens is 538 g/mol. The molecule has 1 aliphatic carbocycles. The number of benzene rings is 2. The first-order valence-corrected chi connectivity index (χ1v) is 13.9. The van der Waals surface area contributed by atoms with E-state index in [1.165, 1.54) is 12.8 Å². The second kappa shape index (κ2) is 14.3. The Labute approximate surface area is 238 Å². The fourth-order valence-electron chi connectivity index (χ4n) is 4.64. The molecule has 1 saturated carbocycles. The summed E-state index contributed by atoms with van der Waals surface area (Å²) in [6.45, 7) is 0.766. The van der Waals surface area contributed by atoms with Crippen molar-refractivity contribution in [3.8, 4) is 17.6 Å². The van der Waals surface area contributed by atoms with Crippen LogP contribution in [0.5, 0.6) is 5.75 Å². The molecule has 6 N–H and O–H groups in total. The topological polar surface area (TPSA) is 149 Å². The molecular formula is C30H36ClNO8. The smallest absolute Gasteiger partial charge is 0.320 e. The number of aliphatic hydroxyl groups excluding tert-OH is 4. The lowest BCUT2D eigenvalue weighted by atomic mass is 9.90. The lowest BCUT2D eigenvalue weighted by Crippen LogP contribution is -2.55. The van der Waals surface area contributed by atoms with Gasteiger partial charge in [-0.3, -0.25) is 4.79 Å². The standard InChI is InChI=1S/C25H27ClO6.C5H9NO2/c26-20-10-7-17(25-24(30)23(29)22(28)21(14-27)32-25)13-18(20)12-16-5-8-19(9-6-16)31-11-1-2-15-3-4-15;7-5(8)4-2-1-3-6-4/h5-10,13,15,21-25,27-30H,3-4,11-12,14H2;4,6H,1-3H2,(H,7,8)/t21-,22-,23+,24-,25+;4-/m10/s1. The zero-order valence-electron chi connectivity index (χ0n) is 22.1. The fourth-order valence-corrected chi connectivity index (χ4v) is 4.82. The van der Waals surface area contributed by atoms with Gasteiger partial charge in [-0.15, -0.1) is 0 Å². The minimum Gasteiger partial charge on any atom is -0.481 e. The number of carboxylic acid groups (broad SMARTS) is 1. The number of carbonyl (C=O) groups is 1. The van der Waals surface area contributed by atoms with Crippen molar-refractivity contribution in [1.29, 1.82) is 0 Å². The second-order valence-electron chi connectivity index (χ2n) is 10.3. The van der Waals surface area contributed by atoms with E-state index in [4.69, 9.17) is 26.2 Å². The van der Waals surface area contributed by atoms with Gasteiger partial charge in [0.05, 0.1) is 6.61 Å². The van der Waals surface area contributed by atoms with Gasteiger partial charge in [-0.05, 0) is 73.5 Å². The predicted molar refractivity (Wildman–Crippen MR) is 148 cm³/mol. The van der Waals surface area contributed by atoms with Crippen LogP contribution in [-0.2, 0) is 16.0 Å². The number of hydrogen-bond donors (Lipinski definition) is 6. The molecule has 9 nitrogen and oxygen atoms in total. The van der Waals surface area contributed by atoms with Crippen LogP contribution in [0.3, 0.4) is 0 Å². The van der Waals surface area contributed by atoms with Gasteiger partial charge in [0, 0.05) is 10.9 Å². The molecule has 0 radical (unpaired) electrons. The first-order valence-electron chi connectivity index (χ1n) is 13.5. The summed E-state index contributed by atoms with van der Waals surface area (Å²) < 4.78 is 11.3. The minimum absolute atomic E-state index is 0.269. The third-order valence-corrected chi connectivity index (χ3v) is 7.53. The number of aliphatic carboxylic acids is 1. The van der Waals surface area contributed by atoms with E-state index in [-0.39, 0.29) is 6.04 Å². The van der Waals surface area contributed by atoms with E-state index in [0.717, 1.165) is 36.3 Å². The summed E-state index contributed by atoms with van der Waals surface area (Å²) in [6.07, 6.45) is -1.28. The normalized spacial score (nSPS) is 27.6. The van der Waals surface area contributed by atoms with Crippen LogP contribution in [0.15, 0.2) is 42.5 Å². The Kier molecular flexibility index (Phi) is 10.8. The lowest BCUT2D eigenvalue weighted by Gasteiger charge is -2.40. The first-order chi connectivity index (χ1) is 19.3. The van der Waals surface area contributed by atoms with Crippen molar-refractivity contribution in [2.45, 2.75) is 68.7 Å². The molecule has 3 aliphatic rings. The Morgan fingerprint density at radius 2 is 1.80 bits per heavy atom. The van der Waals surface area contributed by atoms with Gasteiger partial charge in [-0.2, -0.15) is 0 Å². The highest BCUT2D eigenvalue weighted by Crippen LogP contribution is 2.34. The van der Waals surface area contributed by atoms with Crippen LogP contribution in [-0.4, -0.2) is 81.7 Å². The van der Waals surface area contributed by atoms with E-state index in [0.29, 0.717) is 29.5 Å². The summed E-state index contributed by atoms with van der Waals surface area (Å²) >= 11 is 6.40. The average molecular weight is 574 g/mol. The molecule has 216 valence electrons. The van der Waals surface area contributed by atoms with Crippen molar-refractivity contribution in [2.24, 2.45) is 5.92 Å². The molecule has 3 fully saturated rings. The number of carboxylic acids is 1. The summed E-state index contributed by atoms with van der Waals surface area (Å²) in [5.74, 6) is 6.79. The van der Waals surface area contributed by atoms with Gasteiger partial charge >= 0.3 is 5.97 Å². The van der Waals surface area contributed by atoms with Gasteiger partial charge in [0.15, 0.2) is 0 Å². The summed E-state index contributed by atoms with van der Waals surface area (Å²) in [5, 5.41) is 51.7. The van der Waals surface area contributed by atoms with E-state index >= 15 is 0 Å². The average Bonchev–Trinajstić information content (AvgIpc) is 3.61. The van der Waals surface area contributed by atoms with Gasteiger partial charge in [-0.1, -0.05) is 47.7 Å². The van der Waals surface area contributed by atoms with Crippen molar-refractivity contribution in [1.82, 2.24) is 5.32 Å². The summed E-state index contributed by atoms with van der Waals surface area (Å²) in [7, 11) is 0. The van der Waals surface area contributed by atoms with Crippen LogP contribution in [0.25, 0.3) is 0 Å². The predicted octanol–water partition coefficient (Wildman–Crippen LogP) is 2.06. The van der Waals surface area contributed by atoms with E-state index in [9.17, 15) is 25.2 Å². The number of rotatable bonds is 7. The number of halogens is 1. The number of nitrogens with one attached hydrogen (secondary N) is 1. The van der Waals surface area contributed by atoms with Gasteiger partial charge in [0.1, 0.15) is 48.9 Å². The van der Waals surface area contributed by atoms with Crippen molar-refractivity contribution in [3.05, 3.63) is 64.2 Å². The number of aliphatic hydroxyl groups is 4. The second-order valence-corrected chi connectivity index (χ2v) is 10.7. The molecule has 0 unspecified atom stereocenters. The quantitative estimate of drug-likeness (QED) is 0.274. The van der Waals surface area contributed by atoms with Gasteiger partial charge in [-0.25, -0.2) is 0 Å². The first kappa shape index (κ1) is 30.3. The van der Waals surface area contributed by atoms with E-state index in [1.807, 2.05) is 30.3 Å². The number of hydrogen-bond acceptors (Lipinski definition) is 8. The van der Waals surface area contributed by atoms with E-state index < -0.39 is 43.1 Å². The monoisotopic (exact) mass is 573 g/mol. The number of ether oxygens (including phenoxy) is 2. The summed E-state index contributed by atoms with van der Waals surface area (Å²) in [5.41, 5.74) is 2.45. The highest BCUT2D eigenvalue weighted by atomic mass is 35.5. The Balaban J connectivity index is 0.000000398. The molecule has 0 spiro atoms. The van der Waals surface area contributed by atoms with Crippen molar-refractivity contribution in [3.63, 3.8) is 0 Å². The van der Waals surface area contributed by atoms with Crippen LogP contribution in [0.1, 0.15) is 48.5 Å². The molecule has 2 saturated heterocycles. The van der Waals surface area contributed by atoms with Crippen molar-refractivity contribution >= 4 is 17.6 Å². The van der Waals surface area contributed by atoms with Crippen LogP contribution in [0.2, 0.25) is 5.02 Å². The molecule has 2 heterocycles. The van der Waals surface area contributed by atoms with Crippen molar-refractivity contribution in [2.75, 3.05) is 19.8 Å². The van der Waals surface area contributed by atoms with Gasteiger partial charge in [0.2, 0.25) is 0 Å². The zero-order chi connectivity index (χ0) is 28.6. The van der Waals surface area contributed by atoms with Crippen LogP contribution in [0.4, 0.5) is 0 Å². The minimum atomic E-state index is -1.42. The fraction of sp³-hybridized carbons (Fsp3) is 0.500. The Morgan fingerprint density at radius 1 is 1.05 bits per heavy atom. The highest BCUT2D eigenvalue weighted by Gasteiger charge is 2.44. The summed E-state index contributed by atoms with van der Waals surface area (Å²) in [4.78, 5) is 10.1. The molecule has 10 heteroatoms. The Hall–Kier alpha value is -2.68. The maximum atomic E-state index is 10.4. The molecule has 0 bridgehead atoms. The molecule has 40 heavy (non-hydrogen) atoms. The van der Waals surface area contributed by atoms with Crippen LogP contribution < -0.4 is 10.1 Å².